The summed E-state index contributed by atoms with van der Waals surface area (Å²) >= 11 is 0. The molecule has 0 saturated carbocycles. The number of carbonyl (C=O) groups excluding carboxylic acids is 1. The van der Waals surface area contributed by atoms with Crippen LogP contribution in [0.3, 0.4) is 0 Å². The molecule has 0 amide bonds. The Kier molecular flexibility index (Phi) is 4.64. The molecule has 0 aromatic heterocycles. The van der Waals surface area contributed by atoms with Gasteiger partial charge in [0.1, 0.15) is 6.61 Å². The van der Waals surface area contributed by atoms with Crippen molar-refractivity contribution in [2.45, 2.75) is 26.4 Å². The molecule has 0 bridgehead atoms. The Labute approximate surface area is 159 Å². The minimum atomic E-state index is -0.294. The van der Waals surface area contributed by atoms with Gasteiger partial charge in [0.05, 0.1) is 5.56 Å². The quantitative estimate of drug-likeness (QED) is 0.392. The van der Waals surface area contributed by atoms with E-state index < -0.39 is 0 Å². The van der Waals surface area contributed by atoms with E-state index in [1.54, 1.807) is 0 Å². The topological polar surface area (TPSA) is 26.3 Å². The first kappa shape index (κ1) is 17.3. The first-order chi connectivity index (χ1) is 13.1. The Morgan fingerprint density at radius 1 is 0.778 bits per heavy atom. The maximum atomic E-state index is 12.5. The molecule has 0 radical (unpaired) electrons. The standard InChI is InChI=1S/C25H22O2/c1-17(2)20-9-10-23-15-24(12-11-22(23)14-20)25(26)27-16-18-7-8-19-5-3-4-6-21(19)13-18/h3-15,17H,16H2,1-2H3. The third-order valence-electron chi connectivity index (χ3n) is 4.95. The maximum Gasteiger partial charge on any atom is 0.338 e. The van der Waals surface area contributed by atoms with Crippen LogP contribution < -0.4 is 0 Å². The van der Waals surface area contributed by atoms with E-state index in [-0.39, 0.29) is 12.6 Å². The van der Waals surface area contributed by atoms with Gasteiger partial charge in [-0.1, -0.05) is 74.5 Å². The normalized spacial score (nSPS) is 11.2. The maximum absolute atomic E-state index is 12.5. The fraction of sp³-hybridized carbons (Fsp3) is 0.160. The summed E-state index contributed by atoms with van der Waals surface area (Å²) in [5.41, 5.74) is 2.87. The predicted octanol–water partition coefficient (Wildman–Crippen LogP) is 6.47. The van der Waals surface area contributed by atoms with Crippen molar-refractivity contribution in [1.29, 1.82) is 0 Å². The van der Waals surface area contributed by atoms with Gasteiger partial charge in [0.2, 0.25) is 0 Å². The van der Waals surface area contributed by atoms with Gasteiger partial charge >= 0.3 is 5.97 Å². The van der Waals surface area contributed by atoms with Gasteiger partial charge in [-0.2, -0.15) is 0 Å². The number of benzene rings is 4. The highest BCUT2D eigenvalue weighted by Crippen LogP contribution is 2.23. The summed E-state index contributed by atoms with van der Waals surface area (Å²) in [6.07, 6.45) is 0. The molecule has 4 aromatic carbocycles. The Morgan fingerprint density at radius 2 is 1.44 bits per heavy atom. The van der Waals surface area contributed by atoms with Crippen LogP contribution in [-0.4, -0.2) is 5.97 Å². The second-order valence-electron chi connectivity index (χ2n) is 7.23. The number of carbonyl (C=O) groups is 1. The molecule has 0 aliphatic heterocycles. The molecule has 0 aliphatic carbocycles. The largest absolute Gasteiger partial charge is 0.457 e. The van der Waals surface area contributed by atoms with Crippen LogP contribution in [0.2, 0.25) is 0 Å². The van der Waals surface area contributed by atoms with Crippen LogP contribution in [0.5, 0.6) is 0 Å². The van der Waals surface area contributed by atoms with E-state index in [4.69, 9.17) is 4.74 Å². The van der Waals surface area contributed by atoms with Crippen LogP contribution in [0.25, 0.3) is 21.5 Å². The van der Waals surface area contributed by atoms with Crippen molar-refractivity contribution in [3.63, 3.8) is 0 Å². The average Bonchev–Trinajstić information content (AvgIpc) is 2.71. The summed E-state index contributed by atoms with van der Waals surface area (Å²) in [5.74, 6) is 0.194. The molecule has 27 heavy (non-hydrogen) atoms. The lowest BCUT2D eigenvalue weighted by molar-refractivity contribution is 0.0473. The zero-order chi connectivity index (χ0) is 18.8. The highest BCUT2D eigenvalue weighted by Gasteiger charge is 2.09. The highest BCUT2D eigenvalue weighted by atomic mass is 16.5. The van der Waals surface area contributed by atoms with Gasteiger partial charge in [0, 0.05) is 0 Å². The van der Waals surface area contributed by atoms with Gasteiger partial charge < -0.3 is 4.74 Å². The van der Waals surface area contributed by atoms with E-state index in [2.05, 4.69) is 56.3 Å². The first-order valence-corrected chi connectivity index (χ1v) is 9.29. The molecular weight excluding hydrogens is 332 g/mol. The molecule has 0 unspecified atom stereocenters. The second-order valence-corrected chi connectivity index (χ2v) is 7.23. The second kappa shape index (κ2) is 7.24. The lowest BCUT2D eigenvalue weighted by atomic mass is 9.98. The Hall–Kier alpha value is -3.13. The molecule has 4 rings (SSSR count). The molecule has 2 nitrogen and oxygen atoms in total. The number of esters is 1. The molecule has 0 aliphatic rings. The van der Waals surface area contributed by atoms with E-state index >= 15 is 0 Å². The van der Waals surface area contributed by atoms with Crippen molar-refractivity contribution in [3.05, 3.63) is 95.6 Å². The molecule has 0 spiro atoms. The zero-order valence-electron chi connectivity index (χ0n) is 15.6. The van der Waals surface area contributed by atoms with Gasteiger partial charge in [0.25, 0.3) is 0 Å². The summed E-state index contributed by atoms with van der Waals surface area (Å²) in [7, 11) is 0. The van der Waals surface area contributed by atoms with Gasteiger partial charge in [-0.05, 0) is 56.8 Å². The van der Waals surface area contributed by atoms with Gasteiger partial charge in [-0.15, -0.1) is 0 Å². The summed E-state index contributed by atoms with van der Waals surface area (Å²) in [6, 6.07) is 26.4. The Morgan fingerprint density at radius 3 is 2.26 bits per heavy atom. The van der Waals surface area contributed by atoms with Crippen LogP contribution in [0.1, 0.15) is 41.3 Å². The Balaban J connectivity index is 1.50. The fourth-order valence-corrected chi connectivity index (χ4v) is 3.31. The number of fused-ring (bicyclic) bond motifs is 2. The van der Waals surface area contributed by atoms with Crippen molar-refractivity contribution >= 4 is 27.5 Å². The highest BCUT2D eigenvalue weighted by molar-refractivity contribution is 5.95. The van der Waals surface area contributed by atoms with E-state index in [0.29, 0.717) is 11.5 Å². The van der Waals surface area contributed by atoms with E-state index in [9.17, 15) is 4.79 Å². The Bertz CT molecular complexity index is 1130. The molecular formula is C25H22O2. The monoisotopic (exact) mass is 354 g/mol. The molecule has 0 atom stereocenters. The fourth-order valence-electron chi connectivity index (χ4n) is 3.31. The van der Waals surface area contributed by atoms with Crippen LogP contribution in [-0.2, 0) is 11.3 Å². The minimum Gasteiger partial charge on any atom is -0.457 e. The van der Waals surface area contributed by atoms with Gasteiger partial charge in [-0.25, -0.2) is 4.79 Å². The van der Waals surface area contributed by atoms with E-state index in [1.807, 2.05) is 36.4 Å². The third-order valence-corrected chi connectivity index (χ3v) is 4.95. The summed E-state index contributed by atoms with van der Waals surface area (Å²) in [6.45, 7) is 4.63. The van der Waals surface area contributed by atoms with Crippen molar-refractivity contribution in [3.8, 4) is 0 Å². The third kappa shape index (κ3) is 3.70. The van der Waals surface area contributed by atoms with Crippen LogP contribution in [0, 0.1) is 0 Å². The van der Waals surface area contributed by atoms with Crippen LogP contribution in [0.15, 0.2) is 78.9 Å². The summed E-state index contributed by atoms with van der Waals surface area (Å²) in [5, 5.41) is 4.53. The first-order valence-electron chi connectivity index (χ1n) is 9.29. The van der Waals surface area contributed by atoms with Crippen LogP contribution >= 0.6 is 0 Å². The molecule has 2 heteroatoms. The molecule has 4 aromatic rings. The van der Waals surface area contributed by atoms with Crippen LogP contribution in [0.4, 0.5) is 0 Å². The zero-order valence-corrected chi connectivity index (χ0v) is 15.6. The number of hydrogen-bond donors (Lipinski definition) is 0. The van der Waals surface area contributed by atoms with E-state index in [1.165, 1.54) is 10.9 Å². The van der Waals surface area contributed by atoms with Crippen molar-refractivity contribution in [1.82, 2.24) is 0 Å². The number of hydrogen-bond acceptors (Lipinski definition) is 2. The summed E-state index contributed by atoms with van der Waals surface area (Å²) in [4.78, 5) is 12.5. The lowest BCUT2D eigenvalue weighted by Gasteiger charge is -2.09. The molecule has 0 saturated heterocycles. The smallest absolute Gasteiger partial charge is 0.338 e. The van der Waals surface area contributed by atoms with Crippen molar-refractivity contribution < 1.29 is 9.53 Å². The lowest BCUT2D eigenvalue weighted by Crippen LogP contribution is -2.05. The number of ether oxygens (including phenoxy) is 1. The number of rotatable bonds is 4. The summed E-state index contributed by atoms with van der Waals surface area (Å²) < 4.78 is 5.53. The minimum absolute atomic E-state index is 0.272. The van der Waals surface area contributed by atoms with Crippen molar-refractivity contribution in [2.24, 2.45) is 0 Å². The van der Waals surface area contributed by atoms with Crippen molar-refractivity contribution in [2.75, 3.05) is 0 Å². The SMILES string of the molecule is CC(C)c1ccc2cc(C(=O)OCc3ccc4ccccc4c3)ccc2c1. The molecule has 0 N–H and O–H groups in total. The van der Waals surface area contributed by atoms with Gasteiger partial charge in [0.15, 0.2) is 0 Å². The molecule has 134 valence electrons. The molecule has 0 fully saturated rings. The van der Waals surface area contributed by atoms with E-state index in [0.717, 1.165) is 21.7 Å². The predicted molar refractivity (Wildman–Crippen MR) is 111 cm³/mol. The average molecular weight is 354 g/mol. The molecule has 0 heterocycles. The van der Waals surface area contributed by atoms with Gasteiger partial charge in [-0.3, -0.25) is 0 Å².